The van der Waals surface area contributed by atoms with Crippen LogP contribution in [0.3, 0.4) is 0 Å². The van der Waals surface area contributed by atoms with Gasteiger partial charge in [0.15, 0.2) is 0 Å². The van der Waals surface area contributed by atoms with Crippen LogP contribution in [0, 0.1) is 0 Å². The molecular formula is C19H17BrCl2N2O. The van der Waals surface area contributed by atoms with Gasteiger partial charge in [-0.3, -0.25) is 4.79 Å². The Morgan fingerprint density at radius 1 is 1.16 bits per heavy atom. The summed E-state index contributed by atoms with van der Waals surface area (Å²) < 4.78 is 0.742. The van der Waals surface area contributed by atoms with Crippen LogP contribution in [-0.4, -0.2) is 27.9 Å². The maximum absolute atomic E-state index is 13.2. The van der Waals surface area contributed by atoms with E-state index < -0.39 is 0 Å². The van der Waals surface area contributed by atoms with E-state index in [1.165, 1.54) is 0 Å². The molecule has 1 aromatic heterocycles. The van der Waals surface area contributed by atoms with Crippen LogP contribution in [0.25, 0.3) is 0 Å². The molecule has 2 unspecified atom stereocenters. The van der Waals surface area contributed by atoms with Gasteiger partial charge in [0.25, 0.3) is 5.91 Å². The van der Waals surface area contributed by atoms with Gasteiger partial charge in [-0.1, -0.05) is 29.3 Å². The molecule has 0 saturated heterocycles. The third-order valence-corrected chi connectivity index (χ3v) is 6.30. The lowest BCUT2D eigenvalue weighted by atomic mass is 9.74. The number of nitrogens with zero attached hydrogens (tertiary/aromatic N) is 2. The Kier molecular flexibility index (Phi) is 4.78. The first-order chi connectivity index (χ1) is 12.1. The normalized spacial score (nSPS) is 22.4. The Labute approximate surface area is 165 Å². The molecule has 2 aliphatic rings. The fourth-order valence-corrected chi connectivity index (χ4v) is 4.56. The average Bonchev–Trinajstić information content (AvgIpc) is 3.38. The van der Waals surface area contributed by atoms with Crippen LogP contribution >= 0.6 is 39.1 Å². The highest BCUT2D eigenvalue weighted by molar-refractivity contribution is 9.10. The number of carbonyl (C=O) groups excluding carboxylic acids is 1. The molecule has 0 N–H and O–H groups in total. The lowest BCUT2D eigenvalue weighted by molar-refractivity contribution is 0.0488. The zero-order chi connectivity index (χ0) is 17.6. The largest absolute Gasteiger partial charge is 0.331 e. The van der Waals surface area contributed by atoms with Crippen molar-refractivity contribution in [1.29, 1.82) is 0 Å². The Morgan fingerprint density at radius 3 is 2.56 bits per heavy atom. The molecule has 1 aromatic carbocycles. The van der Waals surface area contributed by atoms with Gasteiger partial charge in [-0.15, -0.1) is 0 Å². The van der Waals surface area contributed by atoms with Gasteiger partial charge in [0.05, 0.1) is 0 Å². The Hall–Kier alpha value is -1.10. The predicted octanol–water partition coefficient (Wildman–Crippen LogP) is 5.70. The molecule has 2 aromatic rings. The third kappa shape index (κ3) is 3.32. The minimum absolute atomic E-state index is 0.00904. The summed E-state index contributed by atoms with van der Waals surface area (Å²) in [6.07, 6.45) is 5.82. The molecule has 0 bridgehead atoms. The highest BCUT2D eigenvalue weighted by Gasteiger charge is 2.46. The third-order valence-electron chi connectivity index (χ3n) is 5.09. The first kappa shape index (κ1) is 17.3. The Balaban J connectivity index is 1.63. The van der Waals surface area contributed by atoms with Gasteiger partial charge < -0.3 is 4.90 Å². The molecule has 6 heteroatoms. The highest BCUT2D eigenvalue weighted by atomic mass is 79.9. The summed E-state index contributed by atoms with van der Waals surface area (Å²) in [5.41, 5.74) is 1.57. The SMILES string of the molecule is O=C(c1ncccc1Br)N(C1CC1)C1CCC1c1ccc(Cl)cc1Cl. The Morgan fingerprint density at radius 2 is 1.96 bits per heavy atom. The van der Waals surface area contributed by atoms with Crippen molar-refractivity contribution in [2.24, 2.45) is 0 Å². The molecule has 0 aliphatic heterocycles. The number of rotatable bonds is 4. The second-order valence-electron chi connectivity index (χ2n) is 6.69. The topological polar surface area (TPSA) is 33.2 Å². The number of hydrogen-bond donors (Lipinski definition) is 0. The van der Waals surface area contributed by atoms with Gasteiger partial charge in [-0.25, -0.2) is 4.98 Å². The second-order valence-corrected chi connectivity index (χ2v) is 8.39. The molecule has 1 amide bonds. The molecule has 4 rings (SSSR count). The van der Waals surface area contributed by atoms with Crippen LogP contribution < -0.4 is 0 Å². The molecular weight excluding hydrogens is 423 g/mol. The molecule has 0 spiro atoms. The van der Waals surface area contributed by atoms with Crippen LogP contribution in [0.4, 0.5) is 0 Å². The van der Waals surface area contributed by atoms with Gasteiger partial charge in [0.1, 0.15) is 5.69 Å². The lowest BCUT2D eigenvalue weighted by Gasteiger charge is -2.45. The van der Waals surface area contributed by atoms with E-state index in [9.17, 15) is 4.79 Å². The van der Waals surface area contributed by atoms with E-state index in [-0.39, 0.29) is 17.9 Å². The van der Waals surface area contributed by atoms with E-state index in [0.29, 0.717) is 21.8 Å². The average molecular weight is 440 g/mol. The summed E-state index contributed by atoms with van der Waals surface area (Å²) in [7, 11) is 0. The van der Waals surface area contributed by atoms with E-state index in [2.05, 4.69) is 20.9 Å². The summed E-state index contributed by atoms with van der Waals surface area (Å²) in [5, 5.41) is 1.32. The molecule has 2 aliphatic carbocycles. The first-order valence-electron chi connectivity index (χ1n) is 8.44. The number of carbonyl (C=O) groups is 1. The molecule has 25 heavy (non-hydrogen) atoms. The molecule has 2 saturated carbocycles. The summed E-state index contributed by atoms with van der Waals surface area (Å²) >= 11 is 15.9. The van der Waals surface area contributed by atoms with Crippen LogP contribution in [0.15, 0.2) is 41.0 Å². The van der Waals surface area contributed by atoms with Gasteiger partial charge in [0.2, 0.25) is 0 Å². The van der Waals surface area contributed by atoms with E-state index in [1.807, 2.05) is 29.2 Å². The molecule has 3 nitrogen and oxygen atoms in total. The number of pyridine rings is 1. The lowest BCUT2D eigenvalue weighted by Crippen LogP contribution is -2.50. The van der Waals surface area contributed by atoms with E-state index in [4.69, 9.17) is 23.2 Å². The van der Waals surface area contributed by atoms with Gasteiger partial charge >= 0.3 is 0 Å². The van der Waals surface area contributed by atoms with Crippen molar-refractivity contribution in [1.82, 2.24) is 9.88 Å². The van der Waals surface area contributed by atoms with Crippen molar-refractivity contribution in [3.8, 4) is 0 Å². The number of aromatic nitrogens is 1. The molecule has 130 valence electrons. The van der Waals surface area contributed by atoms with Crippen molar-refractivity contribution in [3.63, 3.8) is 0 Å². The Bertz CT molecular complexity index is 825. The summed E-state index contributed by atoms with van der Waals surface area (Å²) in [6.45, 7) is 0. The van der Waals surface area contributed by atoms with Crippen molar-refractivity contribution < 1.29 is 4.79 Å². The van der Waals surface area contributed by atoms with E-state index >= 15 is 0 Å². The minimum atomic E-state index is 0.00904. The van der Waals surface area contributed by atoms with Crippen LogP contribution in [0.2, 0.25) is 10.0 Å². The number of hydrogen-bond acceptors (Lipinski definition) is 2. The standard InChI is InChI=1S/C19H17BrCl2N2O/c20-15-2-1-9-23-18(15)19(25)24(12-4-5-12)17-8-7-14(17)13-6-3-11(21)10-16(13)22/h1-3,6,9-10,12,14,17H,4-5,7-8H2. The second kappa shape index (κ2) is 6.90. The summed E-state index contributed by atoms with van der Waals surface area (Å²) in [6, 6.07) is 9.83. The van der Waals surface area contributed by atoms with Crippen LogP contribution in [-0.2, 0) is 0 Å². The van der Waals surface area contributed by atoms with Crippen molar-refractivity contribution in [3.05, 3.63) is 62.3 Å². The maximum atomic E-state index is 13.2. The van der Waals surface area contributed by atoms with Crippen LogP contribution in [0.1, 0.15) is 47.7 Å². The van der Waals surface area contributed by atoms with E-state index in [1.54, 1.807) is 12.3 Å². The molecule has 2 atom stereocenters. The van der Waals surface area contributed by atoms with Gasteiger partial charge in [-0.05, 0) is 71.4 Å². The maximum Gasteiger partial charge on any atom is 0.274 e. The van der Waals surface area contributed by atoms with E-state index in [0.717, 1.165) is 35.7 Å². The smallest absolute Gasteiger partial charge is 0.274 e. The van der Waals surface area contributed by atoms with Crippen molar-refractivity contribution in [2.75, 3.05) is 0 Å². The first-order valence-corrected chi connectivity index (χ1v) is 9.99. The summed E-state index contributed by atoms with van der Waals surface area (Å²) in [4.78, 5) is 19.5. The van der Waals surface area contributed by atoms with Crippen LogP contribution in [0.5, 0.6) is 0 Å². The number of halogens is 3. The quantitative estimate of drug-likeness (QED) is 0.611. The zero-order valence-electron chi connectivity index (χ0n) is 13.5. The van der Waals surface area contributed by atoms with Gasteiger partial charge in [0, 0.05) is 38.7 Å². The fourth-order valence-electron chi connectivity index (χ4n) is 3.59. The molecule has 0 radical (unpaired) electrons. The zero-order valence-corrected chi connectivity index (χ0v) is 16.6. The molecule has 2 fully saturated rings. The predicted molar refractivity (Wildman–Crippen MR) is 103 cm³/mol. The number of amides is 1. The number of benzene rings is 1. The summed E-state index contributed by atoms with van der Waals surface area (Å²) in [5.74, 6) is 0.270. The minimum Gasteiger partial charge on any atom is -0.331 e. The monoisotopic (exact) mass is 438 g/mol. The fraction of sp³-hybridized carbons (Fsp3) is 0.368. The molecule has 1 heterocycles. The van der Waals surface area contributed by atoms with Gasteiger partial charge in [-0.2, -0.15) is 0 Å². The van der Waals surface area contributed by atoms with Crippen molar-refractivity contribution >= 4 is 45.0 Å². The highest BCUT2D eigenvalue weighted by Crippen LogP contribution is 2.47. The van der Waals surface area contributed by atoms with Crippen molar-refractivity contribution in [2.45, 2.75) is 43.7 Å².